The molecule has 1 aliphatic heterocycles. The van der Waals surface area contributed by atoms with E-state index in [0.717, 1.165) is 6.42 Å². The van der Waals surface area contributed by atoms with Gasteiger partial charge in [0.05, 0.1) is 11.4 Å². The van der Waals surface area contributed by atoms with Crippen molar-refractivity contribution in [3.8, 4) is 0 Å². The van der Waals surface area contributed by atoms with Crippen molar-refractivity contribution >= 4 is 21.5 Å². The molecule has 0 N–H and O–H groups in total. The smallest absolute Gasteiger partial charge is 0.215 e. The van der Waals surface area contributed by atoms with E-state index in [1.165, 1.54) is 10.4 Å². The van der Waals surface area contributed by atoms with Gasteiger partial charge in [-0.1, -0.05) is 26.0 Å². The zero-order valence-corrected chi connectivity index (χ0v) is 16.8. The Balaban J connectivity index is 1.48. The summed E-state index contributed by atoms with van der Waals surface area (Å²) in [4.78, 5) is 14.6. The summed E-state index contributed by atoms with van der Waals surface area (Å²) < 4.78 is 41.8. The minimum absolute atomic E-state index is 0.0813. The van der Waals surface area contributed by atoms with Crippen molar-refractivity contribution in [1.82, 2.24) is 4.31 Å². The molecule has 2 bridgehead atoms. The number of rotatable bonds is 4. The quantitative estimate of drug-likeness (QED) is 0.788. The topological polar surface area (TPSA) is 57.7 Å². The average Bonchev–Trinajstić information content (AvgIpc) is 2.96. The van der Waals surface area contributed by atoms with E-state index in [4.69, 9.17) is 0 Å². The summed E-state index contributed by atoms with van der Waals surface area (Å²) in [5, 5.41) is 0. The Hall–Kier alpha value is -1.47. The third-order valence-electron chi connectivity index (χ3n) is 7.39. The minimum Gasteiger partial charge on any atom is -0.367 e. The van der Waals surface area contributed by atoms with Crippen LogP contribution in [0.1, 0.15) is 33.1 Å². The van der Waals surface area contributed by atoms with Gasteiger partial charge < -0.3 is 4.90 Å². The summed E-state index contributed by atoms with van der Waals surface area (Å²) in [6.45, 7) is 5.66. The van der Waals surface area contributed by atoms with Gasteiger partial charge in [0, 0.05) is 38.0 Å². The highest BCUT2D eigenvalue weighted by Crippen LogP contribution is 2.64. The number of carbonyl (C=O) groups is 1. The molecule has 0 spiro atoms. The maximum absolute atomic E-state index is 14.0. The maximum Gasteiger partial charge on any atom is 0.215 e. The van der Waals surface area contributed by atoms with Gasteiger partial charge in [-0.05, 0) is 36.3 Å². The van der Waals surface area contributed by atoms with E-state index in [2.05, 4.69) is 13.8 Å². The first kappa shape index (κ1) is 18.9. The number of hydrogen-bond acceptors (Lipinski definition) is 4. The fourth-order valence-electron chi connectivity index (χ4n) is 5.43. The normalized spacial score (nSPS) is 30.9. The van der Waals surface area contributed by atoms with Crippen molar-refractivity contribution in [3.63, 3.8) is 0 Å². The van der Waals surface area contributed by atoms with E-state index in [1.807, 2.05) is 4.90 Å². The SMILES string of the molecule is CC1(C)[C@@H]2CC[C@]1(CS(=O)(=O)N1CCN(c3ccccc3F)CC1)C(=O)C2. The number of sulfonamides is 1. The average molecular weight is 395 g/mol. The Kier molecular flexibility index (Phi) is 4.38. The van der Waals surface area contributed by atoms with Crippen LogP contribution >= 0.6 is 0 Å². The molecule has 0 radical (unpaired) electrons. The predicted octanol–water partition coefficient (Wildman–Crippen LogP) is 2.67. The molecule has 1 aromatic rings. The van der Waals surface area contributed by atoms with Crippen molar-refractivity contribution in [2.45, 2.75) is 33.1 Å². The van der Waals surface area contributed by atoms with E-state index in [9.17, 15) is 17.6 Å². The molecule has 0 unspecified atom stereocenters. The number of carbonyl (C=O) groups excluding carboxylic acids is 1. The van der Waals surface area contributed by atoms with E-state index >= 15 is 0 Å². The second-order valence-electron chi connectivity index (χ2n) is 8.76. The zero-order valence-electron chi connectivity index (χ0n) is 15.9. The largest absolute Gasteiger partial charge is 0.367 e. The fourth-order valence-corrected chi connectivity index (χ4v) is 7.63. The number of para-hydroxylation sites is 1. The molecule has 0 aromatic heterocycles. The summed E-state index contributed by atoms with van der Waals surface area (Å²) in [5.41, 5.74) is -0.482. The monoisotopic (exact) mass is 394 g/mol. The van der Waals surface area contributed by atoms with Crippen LogP contribution in [0.15, 0.2) is 24.3 Å². The zero-order chi connectivity index (χ0) is 19.4. The molecule has 27 heavy (non-hydrogen) atoms. The minimum atomic E-state index is -3.54. The number of benzene rings is 1. The Morgan fingerprint density at radius 3 is 2.37 bits per heavy atom. The van der Waals surface area contributed by atoms with E-state index in [-0.39, 0.29) is 22.8 Å². The molecule has 1 aromatic carbocycles. The van der Waals surface area contributed by atoms with Crippen LogP contribution in [0.3, 0.4) is 0 Å². The lowest BCUT2D eigenvalue weighted by molar-refractivity contribution is -0.128. The van der Waals surface area contributed by atoms with E-state index in [0.29, 0.717) is 50.6 Å². The van der Waals surface area contributed by atoms with Crippen LogP contribution in [0.2, 0.25) is 0 Å². The molecule has 5 nitrogen and oxygen atoms in total. The summed E-state index contributed by atoms with van der Waals surface area (Å²) in [6, 6.07) is 6.57. The third kappa shape index (κ3) is 2.81. The summed E-state index contributed by atoms with van der Waals surface area (Å²) in [5.74, 6) is 0.0561. The Morgan fingerprint density at radius 1 is 1.15 bits per heavy atom. The Morgan fingerprint density at radius 2 is 1.81 bits per heavy atom. The highest BCUT2D eigenvalue weighted by atomic mass is 32.2. The first-order valence-electron chi connectivity index (χ1n) is 9.68. The third-order valence-corrected chi connectivity index (χ3v) is 9.40. The number of fused-ring (bicyclic) bond motifs is 2. The number of ketones is 1. The molecule has 2 saturated carbocycles. The maximum atomic E-state index is 14.0. The fraction of sp³-hybridized carbons (Fsp3) is 0.650. The van der Waals surface area contributed by atoms with Crippen molar-refractivity contribution in [1.29, 1.82) is 0 Å². The lowest BCUT2D eigenvalue weighted by atomic mass is 9.70. The molecule has 7 heteroatoms. The summed E-state index contributed by atoms with van der Waals surface area (Å²) >= 11 is 0. The van der Waals surface area contributed by atoms with Gasteiger partial charge in [0.2, 0.25) is 10.0 Å². The summed E-state index contributed by atoms with van der Waals surface area (Å²) in [7, 11) is -3.54. The van der Waals surface area contributed by atoms with Crippen LogP contribution in [-0.4, -0.2) is 50.4 Å². The molecule has 148 valence electrons. The van der Waals surface area contributed by atoms with Gasteiger partial charge in [0.15, 0.2) is 0 Å². The van der Waals surface area contributed by atoms with Crippen LogP contribution < -0.4 is 4.90 Å². The van der Waals surface area contributed by atoms with Crippen molar-refractivity contribution in [3.05, 3.63) is 30.1 Å². The van der Waals surface area contributed by atoms with Gasteiger partial charge in [0.1, 0.15) is 11.6 Å². The van der Waals surface area contributed by atoms with Gasteiger partial charge in [-0.2, -0.15) is 4.31 Å². The second-order valence-corrected chi connectivity index (χ2v) is 10.7. The molecule has 4 rings (SSSR count). The molecule has 1 heterocycles. The van der Waals surface area contributed by atoms with E-state index in [1.54, 1.807) is 18.2 Å². The number of anilines is 1. The first-order valence-corrected chi connectivity index (χ1v) is 11.3. The summed E-state index contributed by atoms with van der Waals surface area (Å²) in [6.07, 6.45) is 2.14. The first-order chi connectivity index (χ1) is 12.7. The molecule has 2 aliphatic carbocycles. The van der Waals surface area contributed by atoms with Crippen LogP contribution in [0, 0.1) is 22.6 Å². The predicted molar refractivity (Wildman–Crippen MR) is 103 cm³/mol. The molecule has 1 saturated heterocycles. The number of Topliss-reactive ketones (excluding diaryl/α,β-unsaturated/α-hetero) is 1. The number of piperazine rings is 1. The number of halogens is 1. The molecule has 3 aliphatic rings. The van der Waals surface area contributed by atoms with Gasteiger partial charge >= 0.3 is 0 Å². The molecular weight excluding hydrogens is 367 g/mol. The molecule has 2 atom stereocenters. The lowest BCUT2D eigenvalue weighted by Crippen LogP contribution is -2.53. The van der Waals surface area contributed by atoms with Crippen LogP contribution in [0.5, 0.6) is 0 Å². The highest BCUT2D eigenvalue weighted by molar-refractivity contribution is 7.89. The van der Waals surface area contributed by atoms with Gasteiger partial charge in [0.25, 0.3) is 0 Å². The van der Waals surface area contributed by atoms with Crippen molar-refractivity contribution in [2.24, 2.45) is 16.7 Å². The van der Waals surface area contributed by atoms with E-state index < -0.39 is 15.4 Å². The number of nitrogens with zero attached hydrogens (tertiary/aromatic N) is 2. The van der Waals surface area contributed by atoms with Gasteiger partial charge in [-0.25, -0.2) is 12.8 Å². The van der Waals surface area contributed by atoms with Crippen molar-refractivity contribution in [2.75, 3.05) is 36.8 Å². The molecule has 0 amide bonds. The molecular formula is C20H27FN2O3S. The van der Waals surface area contributed by atoms with Gasteiger partial charge in [-0.3, -0.25) is 4.79 Å². The highest BCUT2D eigenvalue weighted by Gasteiger charge is 2.65. The van der Waals surface area contributed by atoms with Crippen LogP contribution in [0.25, 0.3) is 0 Å². The van der Waals surface area contributed by atoms with Crippen LogP contribution in [0.4, 0.5) is 10.1 Å². The lowest BCUT2D eigenvalue weighted by Gasteiger charge is -2.40. The van der Waals surface area contributed by atoms with Crippen LogP contribution in [-0.2, 0) is 14.8 Å². The Bertz CT molecular complexity index is 862. The second kappa shape index (κ2) is 6.27. The molecule has 3 fully saturated rings. The number of hydrogen-bond donors (Lipinski definition) is 0. The van der Waals surface area contributed by atoms with Gasteiger partial charge in [-0.15, -0.1) is 0 Å². The van der Waals surface area contributed by atoms with Crippen molar-refractivity contribution < 1.29 is 17.6 Å². The standard InChI is InChI=1S/C20H27FN2O3S/c1-19(2)15-7-8-20(19,18(24)13-15)14-27(25,26)23-11-9-22(10-12-23)17-6-4-3-5-16(17)21/h3-6,15H,7-14H2,1-2H3/t15-,20+/m1/s1. The Labute approximate surface area is 160 Å².